The first-order valence-corrected chi connectivity index (χ1v) is 6.48. The van der Waals surface area contributed by atoms with Crippen molar-refractivity contribution in [1.29, 1.82) is 0 Å². The van der Waals surface area contributed by atoms with Gasteiger partial charge in [0.2, 0.25) is 0 Å². The number of amidine groups is 1. The fraction of sp³-hybridized carbons (Fsp3) is 0.500. The maximum absolute atomic E-state index is 12.8. The summed E-state index contributed by atoms with van der Waals surface area (Å²) in [5.41, 5.74) is 6.63. The molecule has 1 aromatic carbocycles. The number of hydrogen-bond donors (Lipinski definition) is 2. The Hall–Kier alpha value is -1.62. The highest BCUT2D eigenvalue weighted by molar-refractivity contribution is 5.85. The summed E-state index contributed by atoms with van der Waals surface area (Å²) in [6.45, 7) is 4.62. The Morgan fingerprint density at radius 3 is 2.47 bits per heavy atom. The van der Waals surface area contributed by atoms with Crippen LogP contribution in [0.15, 0.2) is 29.4 Å². The van der Waals surface area contributed by atoms with Crippen molar-refractivity contribution in [2.45, 2.75) is 26.3 Å². The van der Waals surface area contributed by atoms with E-state index in [0.717, 1.165) is 38.0 Å². The molecule has 1 fully saturated rings. The Kier molecular flexibility index (Phi) is 4.04. The molecular formula is C14H20FN3O. The Balaban J connectivity index is 1.92. The van der Waals surface area contributed by atoms with Gasteiger partial charge in [-0.1, -0.05) is 24.2 Å². The van der Waals surface area contributed by atoms with Gasteiger partial charge in [0.1, 0.15) is 11.7 Å². The van der Waals surface area contributed by atoms with Gasteiger partial charge >= 0.3 is 0 Å². The highest BCUT2D eigenvalue weighted by Gasteiger charge is 2.34. The molecule has 1 aliphatic rings. The molecule has 0 aliphatic carbocycles. The Labute approximate surface area is 112 Å². The molecule has 3 N–H and O–H groups in total. The number of halogens is 1. The van der Waals surface area contributed by atoms with E-state index in [1.54, 1.807) is 0 Å². The van der Waals surface area contributed by atoms with Gasteiger partial charge in [-0.3, -0.25) is 4.90 Å². The normalized spacial score (nSPS) is 20.4. The van der Waals surface area contributed by atoms with Crippen molar-refractivity contribution in [3.63, 3.8) is 0 Å². The maximum Gasteiger partial charge on any atom is 0.145 e. The van der Waals surface area contributed by atoms with Gasteiger partial charge in [0.15, 0.2) is 0 Å². The van der Waals surface area contributed by atoms with Crippen LogP contribution >= 0.6 is 0 Å². The molecule has 0 unspecified atom stereocenters. The van der Waals surface area contributed by atoms with Crippen LogP contribution in [0.1, 0.15) is 25.3 Å². The molecule has 0 radical (unpaired) electrons. The summed E-state index contributed by atoms with van der Waals surface area (Å²) < 4.78 is 12.8. The molecule has 1 saturated heterocycles. The van der Waals surface area contributed by atoms with Gasteiger partial charge in [-0.15, -0.1) is 0 Å². The van der Waals surface area contributed by atoms with E-state index in [1.807, 2.05) is 19.1 Å². The summed E-state index contributed by atoms with van der Waals surface area (Å²) in [7, 11) is 0. The summed E-state index contributed by atoms with van der Waals surface area (Å²) in [5.74, 6) is 0.107. The predicted octanol–water partition coefficient (Wildman–Crippen LogP) is 2.17. The first kappa shape index (κ1) is 13.8. The average molecular weight is 265 g/mol. The molecular weight excluding hydrogens is 245 g/mol. The first-order valence-electron chi connectivity index (χ1n) is 6.48. The zero-order valence-electron chi connectivity index (χ0n) is 11.1. The monoisotopic (exact) mass is 265 g/mol. The molecule has 0 amide bonds. The lowest BCUT2D eigenvalue weighted by Crippen LogP contribution is -2.45. The molecule has 19 heavy (non-hydrogen) atoms. The van der Waals surface area contributed by atoms with E-state index >= 15 is 0 Å². The zero-order valence-corrected chi connectivity index (χ0v) is 11.1. The van der Waals surface area contributed by atoms with Crippen molar-refractivity contribution in [2.24, 2.45) is 16.3 Å². The van der Waals surface area contributed by atoms with Crippen molar-refractivity contribution in [3.8, 4) is 0 Å². The van der Waals surface area contributed by atoms with Crippen LogP contribution in [0.5, 0.6) is 0 Å². The number of hydrogen-bond acceptors (Lipinski definition) is 3. The lowest BCUT2D eigenvalue weighted by atomic mass is 9.79. The molecule has 4 nitrogen and oxygen atoms in total. The van der Waals surface area contributed by atoms with Crippen molar-refractivity contribution in [2.75, 3.05) is 13.1 Å². The Morgan fingerprint density at radius 2 is 1.95 bits per heavy atom. The minimum Gasteiger partial charge on any atom is -0.409 e. The van der Waals surface area contributed by atoms with Crippen LogP contribution in [0.4, 0.5) is 4.39 Å². The quantitative estimate of drug-likeness (QED) is 0.381. The molecule has 2 rings (SSSR count). The third-order valence-electron chi connectivity index (χ3n) is 4.01. The largest absolute Gasteiger partial charge is 0.409 e. The molecule has 0 saturated carbocycles. The molecule has 1 aromatic rings. The van der Waals surface area contributed by atoms with E-state index in [-0.39, 0.29) is 11.2 Å². The molecule has 104 valence electrons. The molecule has 0 aromatic heterocycles. The van der Waals surface area contributed by atoms with Crippen LogP contribution in [0.3, 0.4) is 0 Å². The molecule has 1 aliphatic heterocycles. The fourth-order valence-corrected chi connectivity index (χ4v) is 2.43. The van der Waals surface area contributed by atoms with Crippen LogP contribution in [0, 0.1) is 11.2 Å². The van der Waals surface area contributed by atoms with Crippen molar-refractivity contribution < 1.29 is 9.60 Å². The van der Waals surface area contributed by atoms with Gasteiger partial charge in [0.25, 0.3) is 0 Å². The third kappa shape index (κ3) is 3.23. The van der Waals surface area contributed by atoms with Crippen molar-refractivity contribution in [3.05, 3.63) is 35.6 Å². The number of nitrogens with zero attached hydrogens (tertiary/aromatic N) is 2. The van der Waals surface area contributed by atoms with E-state index in [2.05, 4.69) is 10.1 Å². The van der Waals surface area contributed by atoms with Crippen LogP contribution in [0.2, 0.25) is 0 Å². The Bertz CT molecular complexity index is 450. The van der Waals surface area contributed by atoms with Gasteiger partial charge in [-0.05, 0) is 43.6 Å². The van der Waals surface area contributed by atoms with Gasteiger partial charge in [0.05, 0.1) is 0 Å². The van der Waals surface area contributed by atoms with Gasteiger partial charge in [0, 0.05) is 12.0 Å². The molecule has 0 spiro atoms. The Morgan fingerprint density at radius 1 is 1.37 bits per heavy atom. The van der Waals surface area contributed by atoms with E-state index in [0.29, 0.717) is 5.84 Å². The standard InChI is InChI=1S/C14H20FN3O/c1-14(13(16)17-19)6-8-18(9-7-14)10-11-2-4-12(15)5-3-11/h2-5,19H,6-10H2,1H3,(H2,16,17). The second-order valence-electron chi connectivity index (χ2n) is 5.45. The number of oxime groups is 1. The van der Waals surface area contributed by atoms with Gasteiger partial charge in [-0.2, -0.15) is 0 Å². The number of benzene rings is 1. The molecule has 5 heteroatoms. The molecule has 1 heterocycles. The predicted molar refractivity (Wildman–Crippen MR) is 72.4 cm³/mol. The topological polar surface area (TPSA) is 61.9 Å². The van der Waals surface area contributed by atoms with Crippen LogP contribution in [0.25, 0.3) is 0 Å². The number of nitrogens with two attached hydrogens (primary N) is 1. The first-order chi connectivity index (χ1) is 9.03. The van der Waals surface area contributed by atoms with E-state index < -0.39 is 0 Å². The van der Waals surface area contributed by atoms with Crippen LogP contribution < -0.4 is 5.73 Å². The second-order valence-corrected chi connectivity index (χ2v) is 5.45. The van der Waals surface area contributed by atoms with E-state index in [9.17, 15) is 4.39 Å². The SMILES string of the molecule is CC1(/C(N)=N/O)CCN(Cc2ccc(F)cc2)CC1. The van der Waals surface area contributed by atoms with Gasteiger partial charge in [-0.25, -0.2) is 4.39 Å². The third-order valence-corrected chi connectivity index (χ3v) is 4.01. The smallest absolute Gasteiger partial charge is 0.145 e. The van der Waals surface area contributed by atoms with Gasteiger partial charge < -0.3 is 10.9 Å². The second kappa shape index (κ2) is 5.57. The maximum atomic E-state index is 12.8. The van der Waals surface area contributed by atoms with E-state index in [1.165, 1.54) is 12.1 Å². The van der Waals surface area contributed by atoms with Crippen LogP contribution in [-0.4, -0.2) is 29.0 Å². The zero-order chi connectivity index (χ0) is 13.9. The van der Waals surface area contributed by atoms with E-state index in [4.69, 9.17) is 10.9 Å². The minimum atomic E-state index is -0.214. The molecule has 0 bridgehead atoms. The van der Waals surface area contributed by atoms with Crippen molar-refractivity contribution in [1.82, 2.24) is 4.90 Å². The number of rotatable bonds is 3. The summed E-state index contributed by atoms with van der Waals surface area (Å²) in [6.07, 6.45) is 1.73. The lowest BCUT2D eigenvalue weighted by molar-refractivity contribution is 0.153. The molecule has 0 atom stereocenters. The number of piperidine rings is 1. The lowest BCUT2D eigenvalue weighted by Gasteiger charge is -2.38. The summed E-state index contributed by atoms with van der Waals surface area (Å²) in [4.78, 5) is 2.31. The summed E-state index contributed by atoms with van der Waals surface area (Å²) >= 11 is 0. The van der Waals surface area contributed by atoms with Crippen molar-refractivity contribution >= 4 is 5.84 Å². The fourth-order valence-electron chi connectivity index (χ4n) is 2.43. The summed E-state index contributed by atoms with van der Waals surface area (Å²) in [6, 6.07) is 6.60. The number of likely N-dealkylation sites (tertiary alicyclic amines) is 1. The highest BCUT2D eigenvalue weighted by Crippen LogP contribution is 2.31. The average Bonchev–Trinajstić information content (AvgIpc) is 2.43. The summed E-state index contributed by atoms with van der Waals surface area (Å²) in [5, 5.41) is 11.9. The minimum absolute atomic E-state index is 0.207. The highest BCUT2D eigenvalue weighted by atomic mass is 19.1. The van der Waals surface area contributed by atoms with Crippen LogP contribution in [-0.2, 0) is 6.54 Å².